The van der Waals surface area contributed by atoms with Gasteiger partial charge in [-0.05, 0) is 19.5 Å². The Kier molecular flexibility index (Phi) is 5.49. The summed E-state index contributed by atoms with van der Waals surface area (Å²) in [5.74, 6) is 0.274. The van der Waals surface area contributed by atoms with Crippen molar-refractivity contribution in [2.75, 3.05) is 26.2 Å². The molecule has 0 aliphatic heterocycles. The van der Waals surface area contributed by atoms with Gasteiger partial charge >= 0.3 is 0 Å². The number of amides is 1. The lowest BCUT2D eigenvalue weighted by atomic mass is 10.1. The monoisotopic (exact) mass is 226 g/mol. The smallest absolute Gasteiger partial charge is 0.234 e. The van der Waals surface area contributed by atoms with Gasteiger partial charge < -0.3 is 10.4 Å². The van der Waals surface area contributed by atoms with Crippen molar-refractivity contribution in [3.05, 3.63) is 12.2 Å². The van der Waals surface area contributed by atoms with Gasteiger partial charge in [0.25, 0.3) is 0 Å². The fourth-order valence-corrected chi connectivity index (χ4v) is 1.92. The van der Waals surface area contributed by atoms with Crippen LogP contribution >= 0.6 is 0 Å². The van der Waals surface area contributed by atoms with E-state index >= 15 is 0 Å². The van der Waals surface area contributed by atoms with Crippen molar-refractivity contribution >= 4 is 5.91 Å². The van der Waals surface area contributed by atoms with E-state index in [-0.39, 0.29) is 24.5 Å². The van der Waals surface area contributed by atoms with Crippen LogP contribution < -0.4 is 5.32 Å². The number of aliphatic hydroxyl groups excluding tert-OH is 1. The molecular weight excluding hydrogens is 204 g/mol. The highest BCUT2D eigenvalue weighted by Crippen LogP contribution is 2.16. The number of carbonyl (C=O) groups excluding carboxylic acids is 1. The Balaban J connectivity index is 2.27. The average molecular weight is 226 g/mol. The molecule has 0 spiro atoms. The number of aliphatic hydroxyl groups is 1. The Morgan fingerprint density at radius 3 is 2.62 bits per heavy atom. The maximum absolute atomic E-state index is 11.7. The van der Waals surface area contributed by atoms with Crippen LogP contribution in [0.25, 0.3) is 0 Å². The predicted octanol–water partition coefficient (Wildman–Crippen LogP) is 0.381. The molecule has 0 bridgehead atoms. The van der Waals surface area contributed by atoms with Gasteiger partial charge in [-0.1, -0.05) is 26.0 Å². The zero-order chi connectivity index (χ0) is 12.0. The zero-order valence-corrected chi connectivity index (χ0v) is 10.1. The number of nitrogens with one attached hydrogen (secondary N) is 1. The fraction of sp³-hybridized carbons (Fsp3) is 0.750. The van der Waals surface area contributed by atoms with E-state index in [4.69, 9.17) is 5.11 Å². The Labute approximate surface area is 97.3 Å². The molecule has 0 saturated carbocycles. The number of hydrogen-bond donors (Lipinski definition) is 2. The fourth-order valence-electron chi connectivity index (χ4n) is 1.92. The highest BCUT2D eigenvalue weighted by atomic mass is 16.3. The van der Waals surface area contributed by atoms with Gasteiger partial charge in [-0.3, -0.25) is 9.69 Å². The minimum absolute atomic E-state index is 0.0666. The van der Waals surface area contributed by atoms with Crippen LogP contribution in [0.5, 0.6) is 0 Å². The van der Waals surface area contributed by atoms with Gasteiger partial charge in [0.15, 0.2) is 0 Å². The average Bonchev–Trinajstić information content (AvgIpc) is 2.73. The van der Waals surface area contributed by atoms with E-state index in [1.54, 1.807) is 0 Å². The highest BCUT2D eigenvalue weighted by Gasteiger charge is 2.20. The van der Waals surface area contributed by atoms with Gasteiger partial charge in [0, 0.05) is 18.6 Å². The second-order valence-corrected chi connectivity index (χ2v) is 4.20. The molecule has 0 aromatic carbocycles. The molecule has 0 saturated heterocycles. The van der Waals surface area contributed by atoms with Crippen molar-refractivity contribution in [1.29, 1.82) is 0 Å². The Bertz CT molecular complexity index is 249. The molecule has 92 valence electrons. The van der Waals surface area contributed by atoms with Crippen LogP contribution in [0.4, 0.5) is 0 Å². The molecule has 1 aliphatic rings. The third-order valence-corrected chi connectivity index (χ3v) is 3.01. The van der Waals surface area contributed by atoms with Crippen LogP contribution in [0.2, 0.25) is 0 Å². The minimum atomic E-state index is 0.0666. The Morgan fingerprint density at radius 2 is 2.12 bits per heavy atom. The number of nitrogens with zero attached hydrogens (tertiary/aromatic N) is 1. The van der Waals surface area contributed by atoms with Crippen molar-refractivity contribution in [1.82, 2.24) is 10.2 Å². The minimum Gasteiger partial charge on any atom is -0.396 e. The molecule has 16 heavy (non-hydrogen) atoms. The van der Waals surface area contributed by atoms with Gasteiger partial charge in [-0.25, -0.2) is 0 Å². The molecule has 0 aromatic rings. The number of rotatable bonds is 6. The van der Waals surface area contributed by atoms with Crippen LogP contribution in [0.15, 0.2) is 12.2 Å². The Hall–Kier alpha value is -0.870. The SMILES string of the molecule is CCN(CC)CC(=O)N[C@@H]1C=C[C@H](CO)C1. The van der Waals surface area contributed by atoms with Gasteiger partial charge in [-0.15, -0.1) is 0 Å². The van der Waals surface area contributed by atoms with Gasteiger partial charge in [0.1, 0.15) is 0 Å². The van der Waals surface area contributed by atoms with Crippen molar-refractivity contribution in [2.45, 2.75) is 26.3 Å². The van der Waals surface area contributed by atoms with Crippen LogP contribution in [-0.2, 0) is 4.79 Å². The standard InChI is InChI=1S/C12H22N2O2/c1-3-14(4-2)8-12(16)13-11-6-5-10(7-11)9-15/h5-6,10-11,15H,3-4,7-9H2,1-2H3,(H,13,16)/t10-,11+/m0/s1. The maximum atomic E-state index is 11.7. The van der Waals surface area contributed by atoms with Crippen molar-refractivity contribution < 1.29 is 9.90 Å². The molecule has 1 aliphatic carbocycles. The number of carbonyl (C=O) groups is 1. The van der Waals surface area contributed by atoms with E-state index in [0.29, 0.717) is 6.54 Å². The first-order valence-corrected chi connectivity index (χ1v) is 6.00. The molecule has 4 nitrogen and oxygen atoms in total. The van der Waals surface area contributed by atoms with Crippen LogP contribution in [0.1, 0.15) is 20.3 Å². The molecule has 4 heteroatoms. The zero-order valence-electron chi connectivity index (χ0n) is 10.1. The molecule has 1 amide bonds. The van der Waals surface area contributed by atoms with Gasteiger partial charge in [0.2, 0.25) is 5.91 Å². The van der Waals surface area contributed by atoms with Crippen LogP contribution in [0, 0.1) is 5.92 Å². The summed E-state index contributed by atoms with van der Waals surface area (Å²) in [5, 5.41) is 11.9. The molecule has 0 heterocycles. The summed E-state index contributed by atoms with van der Waals surface area (Å²) in [6, 6.07) is 0.0974. The topological polar surface area (TPSA) is 52.6 Å². The van der Waals surface area contributed by atoms with Gasteiger partial charge in [-0.2, -0.15) is 0 Å². The summed E-state index contributed by atoms with van der Waals surface area (Å²) in [5.41, 5.74) is 0. The van der Waals surface area contributed by atoms with E-state index < -0.39 is 0 Å². The third kappa shape index (κ3) is 3.94. The van der Waals surface area contributed by atoms with E-state index in [2.05, 4.69) is 10.2 Å². The summed E-state index contributed by atoms with van der Waals surface area (Å²) in [6.07, 6.45) is 4.77. The quantitative estimate of drug-likeness (QED) is 0.644. The lowest BCUT2D eigenvalue weighted by Crippen LogP contribution is -2.41. The molecular formula is C12H22N2O2. The number of hydrogen-bond acceptors (Lipinski definition) is 3. The summed E-state index contributed by atoms with van der Waals surface area (Å²) in [6.45, 7) is 6.51. The van der Waals surface area contributed by atoms with Crippen molar-refractivity contribution in [2.24, 2.45) is 5.92 Å². The highest BCUT2D eigenvalue weighted by molar-refractivity contribution is 5.78. The normalized spacial score (nSPS) is 24.0. The largest absolute Gasteiger partial charge is 0.396 e. The first-order valence-electron chi connectivity index (χ1n) is 6.00. The Morgan fingerprint density at radius 1 is 1.44 bits per heavy atom. The van der Waals surface area contributed by atoms with E-state index in [1.807, 2.05) is 26.0 Å². The van der Waals surface area contributed by atoms with E-state index in [0.717, 1.165) is 19.5 Å². The van der Waals surface area contributed by atoms with Crippen molar-refractivity contribution in [3.63, 3.8) is 0 Å². The van der Waals surface area contributed by atoms with Crippen LogP contribution in [-0.4, -0.2) is 48.2 Å². The van der Waals surface area contributed by atoms with Crippen molar-refractivity contribution in [3.8, 4) is 0 Å². The van der Waals surface area contributed by atoms with Gasteiger partial charge in [0.05, 0.1) is 6.54 Å². The first kappa shape index (κ1) is 13.2. The summed E-state index contributed by atoms with van der Waals surface area (Å²) in [4.78, 5) is 13.8. The molecule has 1 rings (SSSR count). The summed E-state index contributed by atoms with van der Waals surface area (Å²) < 4.78 is 0. The summed E-state index contributed by atoms with van der Waals surface area (Å²) >= 11 is 0. The molecule has 0 radical (unpaired) electrons. The molecule has 0 aromatic heterocycles. The molecule has 0 fully saturated rings. The first-order chi connectivity index (χ1) is 7.69. The van der Waals surface area contributed by atoms with E-state index in [9.17, 15) is 4.79 Å². The lowest BCUT2D eigenvalue weighted by molar-refractivity contribution is -0.122. The predicted molar refractivity (Wildman–Crippen MR) is 64.1 cm³/mol. The lowest BCUT2D eigenvalue weighted by Gasteiger charge is -2.19. The molecule has 2 atom stereocenters. The molecule has 0 unspecified atom stereocenters. The maximum Gasteiger partial charge on any atom is 0.234 e. The van der Waals surface area contributed by atoms with E-state index in [1.165, 1.54) is 0 Å². The number of likely N-dealkylation sites (N-methyl/N-ethyl adjacent to an activating group) is 1. The second-order valence-electron chi connectivity index (χ2n) is 4.20. The summed E-state index contributed by atoms with van der Waals surface area (Å²) in [7, 11) is 0. The third-order valence-electron chi connectivity index (χ3n) is 3.01. The molecule has 2 N–H and O–H groups in total. The second kappa shape index (κ2) is 6.66. The van der Waals surface area contributed by atoms with Crippen LogP contribution in [0.3, 0.4) is 0 Å².